The van der Waals surface area contributed by atoms with E-state index in [1.54, 1.807) is 18.3 Å². The van der Waals surface area contributed by atoms with Crippen molar-refractivity contribution in [3.05, 3.63) is 118 Å². The molecule has 1 fully saturated rings. The lowest BCUT2D eigenvalue weighted by Crippen LogP contribution is -2.30. The third-order valence-electron chi connectivity index (χ3n) is 6.36. The van der Waals surface area contributed by atoms with Crippen LogP contribution in [0.4, 0.5) is 11.4 Å². The molecule has 2 atom stereocenters. The number of hydrogen-bond donors (Lipinski definition) is 1. The summed E-state index contributed by atoms with van der Waals surface area (Å²) < 4.78 is 2.05. The van der Waals surface area contributed by atoms with Gasteiger partial charge in [0.2, 0.25) is 0 Å². The number of aromatic nitrogens is 2. The fourth-order valence-electron chi connectivity index (χ4n) is 4.56. The minimum atomic E-state index is -0.390. The van der Waals surface area contributed by atoms with E-state index in [9.17, 15) is 10.1 Å². The van der Waals surface area contributed by atoms with Crippen LogP contribution in [0.25, 0.3) is 5.69 Å². The van der Waals surface area contributed by atoms with Crippen LogP contribution in [0.5, 0.6) is 0 Å². The maximum absolute atomic E-state index is 11.1. The van der Waals surface area contributed by atoms with Crippen molar-refractivity contribution in [2.75, 3.05) is 4.90 Å². The Balaban J connectivity index is 1.62. The van der Waals surface area contributed by atoms with Crippen LogP contribution in [0, 0.1) is 10.1 Å². The van der Waals surface area contributed by atoms with Crippen LogP contribution in [0.15, 0.2) is 91.3 Å². The van der Waals surface area contributed by atoms with Crippen molar-refractivity contribution in [1.82, 2.24) is 14.9 Å². The zero-order chi connectivity index (χ0) is 24.5. The number of non-ortho nitro benzene ring substituents is 1. The number of anilines is 1. The lowest BCUT2D eigenvalue weighted by Gasteiger charge is -2.29. The highest BCUT2D eigenvalue weighted by atomic mass is 32.1. The van der Waals surface area contributed by atoms with Gasteiger partial charge in [-0.25, -0.2) is 0 Å². The molecule has 3 heterocycles. The highest BCUT2D eigenvalue weighted by molar-refractivity contribution is 7.80. The van der Waals surface area contributed by atoms with Crippen LogP contribution in [-0.4, -0.2) is 19.6 Å². The smallest absolute Gasteiger partial charge is 0.269 e. The molecular formula is C27H25N5O2S. The standard InChI is InChI=1S/C27H25N5O2S/c1-18(2)19-8-10-21(11-9-19)31-26(25(29-27(31)35)23-6-3-4-16-28-23)24-7-5-17-30(24)20-12-14-22(15-13-20)32(33)34/h3-18,25-26H,1-2H3,(H,29,35)/t25-,26-/m0/s1. The monoisotopic (exact) mass is 483 g/mol. The SMILES string of the molecule is CC(C)c1ccc(N2C(=S)N[C@@H](c3ccccn3)[C@@H]2c2cccn2-c2ccc([N+](=O)[O-])cc2)cc1. The number of nitro benzene ring substituents is 1. The predicted octanol–water partition coefficient (Wildman–Crippen LogP) is 6.08. The van der Waals surface area contributed by atoms with Crippen LogP contribution in [-0.2, 0) is 0 Å². The fourth-order valence-corrected chi connectivity index (χ4v) is 4.90. The Kier molecular flexibility index (Phi) is 6.05. The molecule has 2 aromatic heterocycles. The largest absolute Gasteiger partial charge is 0.351 e. The number of pyridine rings is 1. The normalized spacial score (nSPS) is 17.6. The average Bonchev–Trinajstić information content (AvgIpc) is 3.49. The first-order chi connectivity index (χ1) is 16.9. The van der Waals surface area contributed by atoms with E-state index >= 15 is 0 Å². The first kappa shape index (κ1) is 22.7. The number of nitrogens with one attached hydrogen (secondary N) is 1. The highest BCUT2D eigenvalue weighted by Gasteiger charge is 2.42. The summed E-state index contributed by atoms with van der Waals surface area (Å²) in [5.74, 6) is 0.434. The fraction of sp³-hybridized carbons (Fsp3) is 0.185. The van der Waals surface area contributed by atoms with Crippen molar-refractivity contribution in [3.63, 3.8) is 0 Å². The second-order valence-corrected chi connectivity index (χ2v) is 9.21. The molecule has 1 aliphatic rings. The van der Waals surface area contributed by atoms with Crippen LogP contribution in [0.3, 0.4) is 0 Å². The summed E-state index contributed by atoms with van der Waals surface area (Å²) in [7, 11) is 0. The van der Waals surface area contributed by atoms with Gasteiger partial charge in [0.15, 0.2) is 5.11 Å². The second-order valence-electron chi connectivity index (χ2n) is 8.82. The van der Waals surface area contributed by atoms with Gasteiger partial charge in [0, 0.05) is 41.6 Å². The molecule has 4 aromatic rings. The molecule has 0 radical (unpaired) electrons. The third-order valence-corrected chi connectivity index (χ3v) is 6.67. The summed E-state index contributed by atoms with van der Waals surface area (Å²) in [5.41, 5.74) is 5.03. The molecule has 0 amide bonds. The molecule has 7 nitrogen and oxygen atoms in total. The zero-order valence-electron chi connectivity index (χ0n) is 19.4. The zero-order valence-corrected chi connectivity index (χ0v) is 20.2. The van der Waals surface area contributed by atoms with Crippen molar-refractivity contribution >= 4 is 28.7 Å². The van der Waals surface area contributed by atoms with Crippen LogP contribution in [0.2, 0.25) is 0 Å². The molecule has 35 heavy (non-hydrogen) atoms. The van der Waals surface area contributed by atoms with Gasteiger partial charge in [-0.1, -0.05) is 32.0 Å². The van der Waals surface area contributed by atoms with Gasteiger partial charge in [-0.05, 0) is 72.2 Å². The van der Waals surface area contributed by atoms with Gasteiger partial charge in [-0.2, -0.15) is 0 Å². The highest BCUT2D eigenvalue weighted by Crippen LogP contribution is 2.42. The van der Waals surface area contributed by atoms with Crippen LogP contribution < -0.4 is 10.2 Å². The van der Waals surface area contributed by atoms with E-state index in [2.05, 4.69) is 63.9 Å². The van der Waals surface area contributed by atoms with Crippen LogP contribution >= 0.6 is 12.2 Å². The maximum atomic E-state index is 11.1. The Morgan fingerprint density at radius 2 is 1.69 bits per heavy atom. The van der Waals surface area contributed by atoms with E-state index in [0.717, 1.165) is 22.8 Å². The van der Waals surface area contributed by atoms with Crippen molar-refractivity contribution in [2.45, 2.75) is 31.8 Å². The number of thiocarbonyl (C=S) groups is 1. The van der Waals surface area contributed by atoms with Gasteiger partial charge >= 0.3 is 0 Å². The van der Waals surface area contributed by atoms with Crippen molar-refractivity contribution in [2.24, 2.45) is 0 Å². The molecule has 2 aromatic carbocycles. The number of nitrogens with zero attached hydrogens (tertiary/aromatic N) is 4. The number of benzene rings is 2. The molecule has 0 aliphatic carbocycles. The van der Waals surface area contributed by atoms with Crippen molar-refractivity contribution in [3.8, 4) is 5.69 Å². The molecule has 1 N–H and O–H groups in total. The quantitative estimate of drug-likeness (QED) is 0.203. The molecule has 5 rings (SSSR count). The number of nitro groups is 1. The van der Waals surface area contributed by atoms with E-state index < -0.39 is 0 Å². The van der Waals surface area contributed by atoms with Gasteiger partial charge in [-0.3, -0.25) is 15.1 Å². The summed E-state index contributed by atoms with van der Waals surface area (Å²) in [4.78, 5) is 17.5. The molecule has 0 spiro atoms. The molecular weight excluding hydrogens is 458 g/mol. The van der Waals surface area contributed by atoms with Crippen molar-refractivity contribution in [1.29, 1.82) is 0 Å². The summed E-state index contributed by atoms with van der Waals surface area (Å²) >= 11 is 5.84. The Morgan fingerprint density at radius 3 is 2.31 bits per heavy atom. The Morgan fingerprint density at radius 1 is 0.971 bits per heavy atom. The summed E-state index contributed by atoms with van der Waals surface area (Å²) in [6.07, 6.45) is 3.75. The number of hydrogen-bond acceptors (Lipinski definition) is 4. The van der Waals surface area contributed by atoms with Crippen LogP contribution in [0.1, 0.15) is 48.8 Å². The van der Waals surface area contributed by atoms with E-state index in [4.69, 9.17) is 12.2 Å². The summed E-state index contributed by atoms with van der Waals surface area (Å²) in [5, 5.41) is 15.3. The van der Waals surface area contributed by atoms with E-state index in [1.807, 2.05) is 30.5 Å². The van der Waals surface area contributed by atoms with E-state index in [-0.39, 0.29) is 22.7 Å². The minimum Gasteiger partial charge on any atom is -0.351 e. The molecule has 0 saturated carbocycles. The van der Waals surface area contributed by atoms with Crippen molar-refractivity contribution < 1.29 is 4.92 Å². The van der Waals surface area contributed by atoms with Gasteiger partial charge in [0.25, 0.3) is 5.69 Å². The number of rotatable bonds is 6. The molecule has 176 valence electrons. The Labute approximate surface area is 209 Å². The van der Waals surface area contributed by atoms with E-state index in [1.165, 1.54) is 17.7 Å². The third kappa shape index (κ3) is 4.28. The second kappa shape index (κ2) is 9.31. The first-order valence-corrected chi connectivity index (χ1v) is 11.9. The maximum Gasteiger partial charge on any atom is 0.269 e. The van der Waals surface area contributed by atoms with Gasteiger partial charge in [0.1, 0.15) is 6.04 Å². The molecule has 1 aliphatic heterocycles. The summed E-state index contributed by atoms with van der Waals surface area (Å²) in [6, 6.07) is 24.6. The summed E-state index contributed by atoms with van der Waals surface area (Å²) in [6.45, 7) is 4.35. The molecule has 1 saturated heterocycles. The Hall–Kier alpha value is -4.04. The lowest BCUT2D eigenvalue weighted by molar-refractivity contribution is -0.384. The van der Waals surface area contributed by atoms with Gasteiger partial charge < -0.3 is 14.8 Å². The molecule has 8 heteroatoms. The van der Waals surface area contributed by atoms with E-state index in [0.29, 0.717) is 11.0 Å². The Bertz CT molecular complexity index is 1350. The first-order valence-electron chi connectivity index (χ1n) is 11.5. The minimum absolute atomic E-state index is 0.0596. The van der Waals surface area contributed by atoms with Gasteiger partial charge in [0.05, 0.1) is 16.7 Å². The average molecular weight is 484 g/mol. The topological polar surface area (TPSA) is 76.2 Å². The van der Waals surface area contributed by atoms with Gasteiger partial charge in [-0.15, -0.1) is 0 Å². The molecule has 0 bridgehead atoms. The predicted molar refractivity (Wildman–Crippen MR) is 141 cm³/mol. The lowest BCUT2D eigenvalue weighted by atomic mass is 9.99. The molecule has 0 unspecified atom stereocenters.